The fourth-order valence-electron chi connectivity index (χ4n) is 1.59. The van der Waals surface area contributed by atoms with Gasteiger partial charge in [0.05, 0.1) is 18.2 Å². The van der Waals surface area contributed by atoms with Crippen molar-refractivity contribution in [2.75, 3.05) is 12.4 Å². The number of methoxy groups -OCH3 is 1. The molecule has 18 heavy (non-hydrogen) atoms. The molecule has 0 bridgehead atoms. The highest BCUT2D eigenvalue weighted by molar-refractivity contribution is 6.32. The maximum absolute atomic E-state index is 11.8. The summed E-state index contributed by atoms with van der Waals surface area (Å²) in [4.78, 5) is 11.8. The van der Waals surface area contributed by atoms with Crippen LogP contribution in [0.3, 0.4) is 0 Å². The second-order valence-electron chi connectivity index (χ2n) is 4.57. The molecule has 0 saturated carbocycles. The number of halogens is 1. The van der Waals surface area contributed by atoms with Crippen LogP contribution in [-0.2, 0) is 4.79 Å². The van der Waals surface area contributed by atoms with E-state index in [9.17, 15) is 4.79 Å². The molecule has 5 heteroatoms. The zero-order valence-corrected chi connectivity index (χ0v) is 11.6. The van der Waals surface area contributed by atoms with Crippen molar-refractivity contribution >= 4 is 23.2 Å². The Hall–Kier alpha value is -1.26. The Morgan fingerprint density at radius 2 is 2.17 bits per heavy atom. The minimum Gasteiger partial charge on any atom is -0.495 e. The minimum absolute atomic E-state index is 0.204. The van der Waals surface area contributed by atoms with Gasteiger partial charge in [-0.15, -0.1) is 0 Å². The van der Waals surface area contributed by atoms with E-state index in [1.807, 2.05) is 13.8 Å². The van der Waals surface area contributed by atoms with Gasteiger partial charge < -0.3 is 15.8 Å². The summed E-state index contributed by atoms with van der Waals surface area (Å²) < 4.78 is 5.04. The number of hydrogen-bond donors (Lipinski definition) is 2. The smallest absolute Gasteiger partial charge is 0.241 e. The van der Waals surface area contributed by atoms with Gasteiger partial charge >= 0.3 is 0 Å². The fourth-order valence-corrected chi connectivity index (χ4v) is 1.85. The van der Waals surface area contributed by atoms with Crippen molar-refractivity contribution in [1.29, 1.82) is 0 Å². The highest BCUT2D eigenvalue weighted by Gasteiger charge is 2.15. The quantitative estimate of drug-likeness (QED) is 0.865. The first-order valence-corrected chi connectivity index (χ1v) is 6.21. The molecule has 1 rings (SSSR count). The van der Waals surface area contributed by atoms with Crippen molar-refractivity contribution in [1.82, 2.24) is 0 Å². The molecule has 0 saturated heterocycles. The van der Waals surface area contributed by atoms with Crippen LogP contribution in [0.4, 0.5) is 5.69 Å². The number of ether oxygens (including phenoxy) is 1. The van der Waals surface area contributed by atoms with Gasteiger partial charge in [0.25, 0.3) is 0 Å². The van der Waals surface area contributed by atoms with Crippen molar-refractivity contribution in [3.8, 4) is 5.75 Å². The number of benzene rings is 1. The largest absolute Gasteiger partial charge is 0.495 e. The summed E-state index contributed by atoms with van der Waals surface area (Å²) in [6.07, 6.45) is 0.649. The number of carbonyl (C=O) groups is 1. The van der Waals surface area contributed by atoms with Crippen molar-refractivity contribution < 1.29 is 9.53 Å². The van der Waals surface area contributed by atoms with E-state index in [-0.39, 0.29) is 5.91 Å². The summed E-state index contributed by atoms with van der Waals surface area (Å²) in [5, 5.41) is 3.19. The Labute approximate surface area is 112 Å². The molecule has 100 valence electrons. The Balaban J connectivity index is 2.67. The molecule has 3 N–H and O–H groups in total. The summed E-state index contributed by atoms with van der Waals surface area (Å²) in [6.45, 7) is 4.05. The number of hydrogen-bond acceptors (Lipinski definition) is 3. The normalized spacial score (nSPS) is 12.3. The van der Waals surface area contributed by atoms with Gasteiger partial charge in [-0.1, -0.05) is 25.4 Å². The summed E-state index contributed by atoms with van der Waals surface area (Å²) >= 11 is 5.97. The maximum atomic E-state index is 11.8. The predicted octanol–water partition coefficient (Wildman–Crippen LogP) is 2.66. The first kappa shape index (κ1) is 14.8. The third-order valence-corrected chi connectivity index (χ3v) is 2.78. The minimum atomic E-state index is -0.508. The van der Waals surface area contributed by atoms with Gasteiger partial charge in [0, 0.05) is 5.69 Å². The van der Waals surface area contributed by atoms with Gasteiger partial charge in [-0.2, -0.15) is 0 Å². The predicted molar refractivity (Wildman–Crippen MR) is 74.1 cm³/mol. The molecule has 1 amide bonds. The number of rotatable bonds is 5. The third kappa shape index (κ3) is 4.20. The van der Waals surface area contributed by atoms with E-state index in [4.69, 9.17) is 22.1 Å². The lowest BCUT2D eigenvalue weighted by molar-refractivity contribution is -0.117. The van der Waals surface area contributed by atoms with Crippen LogP contribution in [0.1, 0.15) is 20.3 Å². The van der Waals surface area contributed by atoms with E-state index in [1.165, 1.54) is 7.11 Å². The molecule has 0 radical (unpaired) electrons. The molecule has 0 spiro atoms. The van der Waals surface area contributed by atoms with Crippen LogP contribution in [0.25, 0.3) is 0 Å². The summed E-state index contributed by atoms with van der Waals surface area (Å²) in [7, 11) is 1.54. The summed E-state index contributed by atoms with van der Waals surface area (Å²) in [6, 6.07) is 4.56. The van der Waals surface area contributed by atoms with E-state index < -0.39 is 6.04 Å². The van der Waals surface area contributed by atoms with E-state index in [2.05, 4.69) is 5.32 Å². The van der Waals surface area contributed by atoms with Crippen LogP contribution in [0.5, 0.6) is 5.75 Å². The standard InChI is InChI=1S/C13H19ClN2O2/c1-8(2)6-11(15)13(17)16-9-4-5-12(18-3)10(14)7-9/h4-5,7-8,11H,6,15H2,1-3H3,(H,16,17). The Kier molecular flexibility index (Phi) is 5.44. The average Bonchev–Trinajstić information content (AvgIpc) is 2.28. The highest BCUT2D eigenvalue weighted by atomic mass is 35.5. The van der Waals surface area contributed by atoms with E-state index in [0.29, 0.717) is 28.8 Å². The molecule has 0 heterocycles. The lowest BCUT2D eigenvalue weighted by atomic mass is 10.0. The second kappa shape index (κ2) is 6.61. The Morgan fingerprint density at radius 1 is 1.50 bits per heavy atom. The van der Waals surface area contributed by atoms with Gasteiger partial charge in [-0.05, 0) is 30.5 Å². The average molecular weight is 271 g/mol. The molecule has 0 aliphatic carbocycles. The van der Waals surface area contributed by atoms with Crippen LogP contribution < -0.4 is 15.8 Å². The van der Waals surface area contributed by atoms with Gasteiger partial charge in [0.2, 0.25) is 5.91 Å². The summed E-state index contributed by atoms with van der Waals surface area (Å²) in [5.41, 5.74) is 6.41. The van der Waals surface area contributed by atoms with E-state index in [0.717, 1.165) is 0 Å². The van der Waals surface area contributed by atoms with Crippen molar-refractivity contribution in [2.24, 2.45) is 11.7 Å². The SMILES string of the molecule is COc1ccc(NC(=O)C(N)CC(C)C)cc1Cl. The maximum Gasteiger partial charge on any atom is 0.241 e. The molecule has 0 fully saturated rings. The van der Waals surface area contributed by atoms with Crippen molar-refractivity contribution in [3.05, 3.63) is 23.2 Å². The van der Waals surface area contributed by atoms with Crippen molar-refractivity contribution in [2.45, 2.75) is 26.3 Å². The Morgan fingerprint density at radius 3 is 2.67 bits per heavy atom. The van der Waals surface area contributed by atoms with Crippen LogP contribution in [0.15, 0.2) is 18.2 Å². The van der Waals surface area contributed by atoms with E-state index >= 15 is 0 Å². The zero-order valence-electron chi connectivity index (χ0n) is 10.9. The van der Waals surface area contributed by atoms with Gasteiger partial charge in [-0.3, -0.25) is 4.79 Å². The molecule has 1 atom stereocenters. The lowest BCUT2D eigenvalue weighted by Crippen LogP contribution is -2.36. The molecule has 4 nitrogen and oxygen atoms in total. The van der Waals surface area contributed by atoms with Crippen LogP contribution in [0.2, 0.25) is 5.02 Å². The highest BCUT2D eigenvalue weighted by Crippen LogP contribution is 2.27. The van der Waals surface area contributed by atoms with Crippen LogP contribution >= 0.6 is 11.6 Å². The molecule has 1 unspecified atom stereocenters. The molecule has 0 aliphatic rings. The third-order valence-electron chi connectivity index (χ3n) is 2.48. The number of anilines is 1. The lowest BCUT2D eigenvalue weighted by Gasteiger charge is -2.14. The first-order valence-electron chi connectivity index (χ1n) is 5.84. The number of amides is 1. The number of carbonyl (C=O) groups excluding carboxylic acids is 1. The summed E-state index contributed by atoms with van der Waals surface area (Å²) in [5.74, 6) is 0.747. The van der Waals surface area contributed by atoms with Crippen molar-refractivity contribution in [3.63, 3.8) is 0 Å². The van der Waals surface area contributed by atoms with E-state index in [1.54, 1.807) is 18.2 Å². The van der Waals surface area contributed by atoms with Crippen LogP contribution in [0, 0.1) is 5.92 Å². The zero-order chi connectivity index (χ0) is 13.7. The van der Waals surface area contributed by atoms with Gasteiger partial charge in [-0.25, -0.2) is 0 Å². The fraction of sp³-hybridized carbons (Fsp3) is 0.462. The second-order valence-corrected chi connectivity index (χ2v) is 4.98. The molecule has 1 aromatic carbocycles. The monoisotopic (exact) mass is 270 g/mol. The number of nitrogens with one attached hydrogen (secondary N) is 1. The molecule has 0 aromatic heterocycles. The molecular formula is C13H19ClN2O2. The molecule has 1 aromatic rings. The van der Waals surface area contributed by atoms with Gasteiger partial charge in [0.1, 0.15) is 5.75 Å². The number of nitrogens with two attached hydrogens (primary N) is 1. The Bertz CT molecular complexity index is 421. The first-order chi connectivity index (χ1) is 8.43. The molecular weight excluding hydrogens is 252 g/mol. The van der Waals surface area contributed by atoms with Gasteiger partial charge in [0.15, 0.2) is 0 Å². The molecule has 0 aliphatic heterocycles. The van der Waals surface area contributed by atoms with Crippen LogP contribution in [-0.4, -0.2) is 19.1 Å². The topological polar surface area (TPSA) is 64.3 Å².